The van der Waals surface area contributed by atoms with E-state index in [1.54, 1.807) is 14.2 Å². The number of piperidine rings is 1. The quantitative estimate of drug-likeness (QED) is 0.865. The molecule has 1 fully saturated rings. The molecule has 1 unspecified atom stereocenters. The van der Waals surface area contributed by atoms with Crippen molar-refractivity contribution >= 4 is 0 Å². The average molecular weight is 330 g/mol. The van der Waals surface area contributed by atoms with Crippen LogP contribution in [0.3, 0.4) is 0 Å². The Hall–Kier alpha value is -1.72. The highest BCUT2D eigenvalue weighted by molar-refractivity contribution is 5.57. The fourth-order valence-corrected chi connectivity index (χ4v) is 5.28. The molecule has 130 valence electrons. The Kier molecular flexibility index (Phi) is 3.55. The van der Waals surface area contributed by atoms with Crippen LogP contribution in [0.4, 0.5) is 0 Å². The molecule has 5 nitrogen and oxygen atoms in total. The van der Waals surface area contributed by atoms with E-state index in [4.69, 9.17) is 15.2 Å². The zero-order valence-corrected chi connectivity index (χ0v) is 14.6. The molecule has 0 aromatic heterocycles. The Labute approximate surface area is 143 Å². The first-order valence-corrected chi connectivity index (χ1v) is 8.62. The van der Waals surface area contributed by atoms with Crippen molar-refractivity contribution in [1.82, 2.24) is 4.90 Å². The highest BCUT2D eigenvalue weighted by Gasteiger charge is 2.56. The van der Waals surface area contributed by atoms with Gasteiger partial charge in [-0.3, -0.25) is 0 Å². The number of aromatic hydroxyl groups is 1. The van der Waals surface area contributed by atoms with Crippen molar-refractivity contribution in [1.29, 1.82) is 0 Å². The largest absolute Gasteiger partial charge is 0.504 e. The number of likely N-dealkylation sites (N-methyl/N-ethyl adjacent to an activating group) is 1. The molecule has 1 saturated heterocycles. The number of hydrogen-bond acceptors (Lipinski definition) is 5. The number of nitrogens with two attached hydrogens (primary N) is 1. The van der Waals surface area contributed by atoms with E-state index in [1.165, 1.54) is 5.56 Å². The van der Waals surface area contributed by atoms with Gasteiger partial charge in [0, 0.05) is 22.9 Å². The van der Waals surface area contributed by atoms with Gasteiger partial charge in [-0.1, -0.05) is 6.07 Å². The Morgan fingerprint density at radius 3 is 2.79 bits per heavy atom. The van der Waals surface area contributed by atoms with Gasteiger partial charge in [0.15, 0.2) is 11.5 Å². The molecule has 3 N–H and O–H groups in total. The summed E-state index contributed by atoms with van der Waals surface area (Å²) in [4.78, 5) is 2.44. The summed E-state index contributed by atoms with van der Waals surface area (Å²) in [6, 6.07) is 4.27. The molecule has 2 bridgehead atoms. The van der Waals surface area contributed by atoms with Crippen molar-refractivity contribution in [2.45, 2.75) is 36.8 Å². The van der Waals surface area contributed by atoms with Crippen LogP contribution in [-0.4, -0.2) is 49.9 Å². The van der Waals surface area contributed by atoms with Crippen LogP contribution >= 0.6 is 0 Å². The maximum atomic E-state index is 10.9. The van der Waals surface area contributed by atoms with Crippen LogP contribution in [0, 0.1) is 5.92 Å². The van der Waals surface area contributed by atoms with Crippen molar-refractivity contribution in [3.05, 3.63) is 35.1 Å². The SMILES string of the molecule is COC1=C[C@H]2[C@H]3Cc4ccc(OC)c(O)c4[C@]2(CCN3C)CC1N. The van der Waals surface area contributed by atoms with Crippen LogP contribution in [-0.2, 0) is 16.6 Å². The molecule has 1 aromatic rings. The van der Waals surface area contributed by atoms with E-state index < -0.39 is 0 Å². The number of fused-ring (bicyclic) bond motifs is 1. The van der Waals surface area contributed by atoms with Crippen molar-refractivity contribution in [3.63, 3.8) is 0 Å². The smallest absolute Gasteiger partial charge is 0.161 e. The van der Waals surface area contributed by atoms with Crippen molar-refractivity contribution in [2.75, 3.05) is 27.8 Å². The Balaban J connectivity index is 1.95. The van der Waals surface area contributed by atoms with Gasteiger partial charge in [0.05, 0.1) is 20.3 Å². The summed E-state index contributed by atoms with van der Waals surface area (Å²) in [5, 5.41) is 10.9. The van der Waals surface area contributed by atoms with Gasteiger partial charge in [0.1, 0.15) is 5.76 Å². The summed E-state index contributed by atoms with van der Waals surface area (Å²) in [6.07, 6.45) is 4.93. The van der Waals surface area contributed by atoms with Crippen LogP contribution in [0.5, 0.6) is 11.5 Å². The predicted molar refractivity (Wildman–Crippen MR) is 92.3 cm³/mol. The van der Waals surface area contributed by atoms with Gasteiger partial charge in [-0.2, -0.15) is 0 Å². The highest BCUT2D eigenvalue weighted by Crippen LogP contribution is 2.58. The molecule has 0 spiro atoms. The lowest BCUT2D eigenvalue weighted by molar-refractivity contribution is 0.0322. The Morgan fingerprint density at radius 1 is 1.29 bits per heavy atom. The second kappa shape index (κ2) is 5.39. The van der Waals surface area contributed by atoms with Crippen LogP contribution < -0.4 is 10.5 Å². The normalized spacial score (nSPS) is 34.8. The van der Waals surface area contributed by atoms with Gasteiger partial charge in [-0.05, 0) is 50.6 Å². The lowest BCUT2D eigenvalue weighted by atomic mass is 9.53. The molecule has 0 saturated carbocycles. The number of phenolic OH excluding ortho intramolecular Hbond substituents is 1. The van der Waals surface area contributed by atoms with E-state index in [1.807, 2.05) is 6.07 Å². The zero-order valence-electron chi connectivity index (χ0n) is 14.6. The summed E-state index contributed by atoms with van der Waals surface area (Å²) in [5.41, 5.74) is 8.56. The second-order valence-electron chi connectivity index (χ2n) is 7.42. The van der Waals surface area contributed by atoms with Gasteiger partial charge < -0.3 is 25.2 Å². The van der Waals surface area contributed by atoms with E-state index in [-0.39, 0.29) is 11.5 Å². The third kappa shape index (κ3) is 1.94. The molecular formula is C19H26N2O3. The standard InChI is InChI=1S/C19H26N2O3/c1-21-7-6-19-10-13(20)16(24-3)9-12(19)14(21)8-11-4-5-15(23-2)18(22)17(11)19/h4-5,9,12-14,22H,6-8,10,20H2,1-3H3/t12-,13?,14+,19+/m0/s1. The molecule has 3 aliphatic rings. The minimum Gasteiger partial charge on any atom is -0.504 e. The predicted octanol–water partition coefficient (Wildman–Crippen LogP) is 1.78. The number of benzene rings is 1. The number of phenols is 1. The second-order valence-corrected chi connectivity index (χ2v) is 7.42. The summed E-state index contributed by atoms with van der Waals surface area (Å²) in [7, 11) is 5.49. The zero-order chi connectivity index (χ0) is 17.1. The number of methoxy groups -OCH3 is 2. The lowest BCUT2D eigenvalue weighted by Crippen LogP contribution is -2.61. The molecule has 2 aliphatic carbocycles. The molecule has 4 atom stereocenters. The third-order valence-corrected chi connectivity index (χ3v) is 6.43. The summed E-state index contributed by atoms with van der Waals surface area (Å²) >= 11 is 0. The highest BCUT2D eigenvalue weighted by atomic mass is 16.5. The van der Waals surface area contributed by atoms with Crippen LogP contribution in [0.2, 0.25) is 0 Å². The van der Waals surface area contributed by atoms with E-state index in [2.05, 4.69) is 24.1 Å². The number of ether oxygens (including phenoxy) is 2. The first-order chi connectivity index (χ1) is 11.5. The topological polar surface area (TPSA) is 68.0 Å². The fourth-order valence-electron chi connectivity index (χ4n) is 5.28. The van der Waals surface area contributed by atoms with Gasteiger partial charge in [0.25, 0.3) is 0 Å². The maximum absolute atomic E-state index is 10.9. The summed E-state index contributed by atoms with van der Waals surface area (Å²) in [5.74, 6) is 2.03. The number of likely N-dealkylation sites (tertiary alicyclic amines) is 1. The van der Waals surface area contributed by atoms with Crippen LogP contribution in [0.25, 0.3) is 0 Å². The molecule has 24 heavy (non-hydrogen) atoms. The average Bonchev–Trinajstić information content (AvgIpc) is 2.57. The molecular weight excluding hydrogens is 304 g/mol. The van der Waals surface area contributed by atoms with Crippen molar-refractivity contribution < 1.29 is 14.6 Å². The molecule has 1 aromatic carbocycles. The number of rotatable bonds is 2. The Bertz CT molecular complexity index is 702. The summed E-state index contributed by atoms with van der Waals surface area (Å²) in [6.45, 7) is 1.01. The van der Waals surface area contributed by atoms with E-state index in [9.17, 15) is 5.11 Å². The minimum absolute atomic E-state index is 0.133. The van der Waals surface area contributed by atoms with Crippen molar-refractivity contribution in [2.24, 2.45) is 11.7 Å². The third-order valence-electron chi connectivity index (χ3n) is 6.43. The van der Waals surface area contributed by atoms with Gasteiger partial charge in [-0.15, -0.1) is 0 Å². The first kappa shape index (κ1) is 15.8. The van der Waals surface area contributed by atoms with Gasteiger partial charge in [-0.25, -0.2) is 0 Å². The van der Waals surface area contributed by atoms with Crippen molar-refractivity contribution in [3.8, 4) is 11.5 Å². The number of nitrogens with zero attached hydrogens (tertiary/aromatic N) is 1. The molecule has 5 heteroatoms. The first-order valence-electron chi connectivity index (χ1n) is 8.62. The minimum atomic E-state index is -0.134. The number of hydrogen-bond donors (Lipinski definition) is 2. The van der Waals surface area contributed by atoms with E-state index >= 15 is 0 Å². The van der Waals surface area contributed by atoms with Gasteiger partial charge >= 0.3 is 0 Å². The molecule has 0 radical (unpaired) electrons. The fraction of sp³-hybridized carbons (Fsp3) is 0.579. The maximum Gasteiger partial charge on any atom is 0.161 e. The monoisotopic (exact) mass is 330 g/mol. The summed E-state index contributed by atoms with van der Waals surface area (Å²) < 4.78 is 10.9. The van der Waals surface area contributed by atoms with Crippen LogP contribution in [0.15, 0.2) is 24.0 Å². The molecule has 4 rings (SSSR count). The Morgan fingerprint density at radius 2 is 2.08 bits per heavy atom. The molecule has 1 heterocycles. The van der Waals surface area contributed by atoms with Gasteiger partial charge in [0.2, 0.25) is 0 Å². The van der Waals surface area contributed by atoms with Crippen LogP contribution in [0.1, 0.15) is 24.0 Å². The molecule has 0 amide bonds. The van der Waals surface area contributed by atoms with E-state index in [0.29, 0.717) is 23.5 Å². The molecule has 1 aliphatic heterocycles. The lowest BCUT2D eigenvalue weighted by Gasteiger charge is -2.57. The van der Waals surface area contributed by atoms with E-state index in [0.717, 1.165) is 37.1 Å².